The lowest BCUT2D eigenvalue weighted by Gasteiger charge is -2.20. The molecule has 0 saturated heterocycles. The molecule has 0 amide bonds. The second-order valence-electron chi connectivity index (χ2n) is 8.25. The van der Waals surface area contributed by atoms with Crippen LogP contribution in [0.25, 0.3) is 33.2 Å². The number of hydrogen-bond acceptors (Lipinski definition) is 7. The maximum atomic E-state index is 10.5. The SMILES string of the molecule is CCOCc1nc2c(N)nc3cc(-c4cccc(CN)c4)cnc3c2n1CC(C)(C)O. The number of fused-ring (bicyclic) bond motifs is 3. The monoisotopic (exact) mass is 420 g/mol. The van der Waals surface area contributed by atoms with Crippen LogP contribution in [0.3, 0.4) is 0 Å². The molecule has 5 N–H and O–H groups in total. The van der Waals surface area contributed by atoms with Gasteiger partial charge in [0, 0.05) is 24.9 Å². The Hall–Kier alpha value is -3.07. The minimum Gasteiger partial charge on any atom is -0.389 e. The molecule has 4 rings (SSSR count). The van der Waals surface area contributed by atoms with Crippen molar-refractivity contribution in [2.45, 2.75) is 46.1 Å². The van der Waals surface area contributed by atoms with Crippen LogP contribution in [0.1, 0.15) is 32.2 Å². The quantitative estimate of drug-likeness (QED) is 0.420. The topological polar surface area (TPSA) is 125 Å². The number of aromatic nitrogens is 4. The fraction of sp³-hybridized carbons (Fsp3) is 0.348. The Labute approximate surface area is 180 Å². The molecule has 0 aliphatic carbocycles. The molecule has 0 atom stereocenters. The van der Waals surface area contributed by atoms with Crippen molar-refractivity contribution in [2.75, 3.05) is 12.3 Å². The van der Waals surface area contributed by atoms with Gasteiger partial charge < -0.3 is 25.9 Å². The minimum atomic E-state index is -0.957. The number of aliphatic hydroxyl groups is 1. The molecule has 8 heteroatoms. The average molecular weight is 421 g/mol. The summed E-state index contributed by atoms with van der Waals surface area (Å²) in [5.74, 6) is 1.01. The molecule has 0 bridgehead atoms. The summed E-state index contributed by atoms with van der Waals surface area (Å²) in [4.78, 5) is 14.0. The number of nitrogens with zero attached hydrogens (tertiary/aromatic N) is 4. The summed E-state index contributed by atoms with van der Waals surface area (Å²) in [5.41, 5.74) is 16.8. The smallest absolute Gasteiger partial charge is 0.152 e. The van der Waals surface area contributed by atoms with Gasteiger partial charge >= 0.3 is 0 Å². The van der Waals surface area contributed by atoms with Gasteiger partial charge in [-0.1, -0.05) is 18.2 Å². The summed E-state index contributed by atoms with van der Waals surface area (Å²) in [6, 6.07) is 10.0. The maximum absolute atomic E-state index is 10.5. The number of ether oxygens (including phenoxy) is 1. The van der Waals surface area contributed by atoms with E-state index in [1.165, 1.54) is 0 Å². The number of hydrogen-bond donors (Lipinski definition) is 3. The molecule has 0 saturated carbocycles. The normalized spacial score (nSPS) is 12.2. The van der Waals surface area contributed by atoms with Crippen molar-refractivity contribution in [3.8, 4) is 11.1 Å². The van der Waals surface area contributed by atoms with Crippen molar-refractivity contribution in [3.05, 3.63) is 47.9 Å². The van der Waals surface area contributed by atoms with Gasteiger partial charge in [-0.3, -0.25) is 4.98 Å². The second kappa shape index (κ2) is 8.22. The van der Waals surface area contributed by atoms with Crippen LogP contribution in [-0.2, 0) is 24.4 Å². The lowest BCUT2D eigenvalue weighted by molar-refractivity contribution is 0.0582. The van der Waals surface area contributed by atoms with Crippen molar-refractivity contribution in [1.82, 2.24) is 19.5 Å². The van der Waals surface area contributed by atoms with Crippen LogP contribution >= 0.6 is 0 Å². The van der Waals surface area contributed by atoms with Crippen LogP contribution in [0.5, 0.6) is 0 Å². The highest BCUT2D eigenvalue weighted by atomic mass is 16.5. The zero-order chi connectivity index (χ0) is 22.2. The van der Waals surface area contributed by atoms with E-state index in [9.17, 15) is 5.11 Å². The van der Waals surface area contributed by atoms with Crippen molar-refractivity contribution >= 4 is 27.9 Å². The molecule has 0 aliphatic heterocycles. The molecule has 4 aromatic rings. The van der Waals surface area contributed by atoms with Crippen molar-refractivity contribution in [2.24, 2.45) is 5.73 Å². The minimum absolute atomic E-state index is 0.312. The summed E-state index contributed by atoms with van der Waals surface area (Å²) in [7, 11) is 0. The molecule has 162 valence electrons. The summed E-state index contributed by atoms with van der Waals surface area (Å²) < 4.78 is 7.54. The lowest BCUT2D eigenvalue weighted by atomic mass is 10.0. The first-order valence-corrected chi connectivity index (χ1v) is 10.3. The number of pyridine rings is 2. The summed E-state index contributed by atoms with van der Waals surface area (Å²) >= 11 is 0. The van der Waals surface area contributed by atoms with E-state index in [1.54, 1.807) is 13.8 Å². The van der Waals surface area contributed by atoms with Gasteiger partial charge in [-0.25, -0.2) is 9.97 Å². The van der Waals surface area contributed by atoms with E-state index in [4.69, 9.17) is 21.2 Å². The zero-order valence-corrected chi connectivity index (χ0v) is 18.1. The Morgan fingerprint density at radius 3 is 2.65 bits per heavy atom. The molecule has 0 spiro atoms. The highest BCUT2D eigenvalue weighted by Crippen LogP contribution is 2.31. The predicted molar refractivity (Wildman–Crippen MR) is 122 cm³/mol. The van der Waals surface area contributed by atoms with E-state index >= 15 is 0 Å². The van der Waals surface area contributed by atoms with Crippen LogP contribution in [0, 0.1) is 0 Å². The van der Waals surface area contributed by atoms with Crippen LogP contribution in [0.15, 0.2) is 36.5 Å². The number of rotatable bonds is 7. The summed E-state index contributed by atoms with van der Waals surface area (Å²) in [6.45, 7) is 7.11. The molecule has 3 heterocycles. The molecule has 31 heavy (non-hydrogen) atoms. The predicted octanol–water partition coefficient (Wildman–Crippen LogP) is 2.99. The van der Waals surface area contributed by atoms with Crippen molar-refractivity contribution in [1.29, 1.82) is 0 Å². The molecular formula is C23H28N6O2. The summed E-state index contributed by atoms with van der Waals surface area (Å²) in [5, 5.41) is 10.5. The van der Waals surface area contributed by atoms with E-state index in [1.807, 2.05) is 48.0 Å². The largest absolute Gasteiger partial charge is 0.389 e. The Morgan fingerprint density at radius 2 is 1.94 bits per heavy atom. The van der Waals surface area contributed by atoms with E-state index < -0.39 is 5.60 Å². The fourth-order valence-electron chi connectivity index (χ4n) is 3.72. The third kappa shape index (κ3) is 4.23. The van der Waals surface area contributed by atoms with E-state index in [0.717, 1.165) is 22.2 Å². The fourth-order valence-corrected chi connectivity index (χ4v) is 3.72. The van der Waals surface area contributed by atoms with Gasteiger partial charge in [0.2, 0.25) is 0 Å². The first-order chi connectivity index (χ1) is 14.8. The molecule has 1 aromatic carbocycles. The molecule has 0 fully saturated rings. The van der Waals surface area contributed by atoms with E-state index in [2.05, 4.69) is 9.97 Å². The van der Waals surface area contributed by atoms with Crippen LogP contribution in [0.4, 0.5) is 5.82 Å². The van der Waals surface area contributed by atoms with Crippen molar-refractivity contribution < 1.29 is 9.84 Å². The first-order valence-electron chi connectivity index (χ1n) is 10.3. The molecule has 0 aliphatic rings. The third-order valence-electron chi connectivity index (χ3n) is 5.10. The Bertz CT molecular complexity index is 1240. The van der Waals surface area contributed by atoms with Gasteiger partial charge in [0.15, 0.2) is 5.82 Å². The van der Waals surface area contributed by atoms with Gasteiger partial charge in [0.25, 0.3) is 0 Å². The van der Waals surface area contributed by atoms with Crippen LogP contribution in [0.2, 0.25) is 0 Å². The number of nitrogens with two attached hydrogens (primary N) is 2. The van der Waals surface area contributed by atoms with E-state index in [0.29, 0.717) is 54.5 Å². The Balaban J connectivity index is 1.94. The van der Waals surface area contributed by atoms with Crippen LogP contribution in [-0.4, -0.2) is 36.8 Å². The first kappa shape index (κ1) is 21.2. The van der Waals surface area contributed by atoms with Gasteiger partial charge in [-0.05, 0) is 44.0 Å². The maximum Gasteiger partial charge on any atom is 0.152 e. The Kier molecular flexibility index (Phi) is 5.62. The standard InChI is InChI=1S/C23H28N6O2/c1-4-31-12-18-28-20-21(29(18)13-23(2,3)30)19-17(27-22(20)25)9-16(11-26-19)15-7-5-6-14(8-15)10-24/h5-9,11,30H,4,10,12-13,24H2,1-3H3,(H2,25,27). The van der Waals surface area contributed by atoms with Gasteiger partial charge in [-0.2, -0.15) is 0 Å². The second-order valence-corrected chi connectivity index (χ2v) is 8.25. The number of anilines is 1. The van der Waals surface area contributed by atoms with Crippen LogP contribution < -0.4 is 11.5 Å². The molecular weight excluding hydrogens is 392 g/mol. The summed E-state index contributed by atoms with van der Waals surface area (Å²) in [6.07, 6.45) is 1.82. The number of benzene rings is 1. The molecule has 0 radical (unpaired) electrons. The highest BCUT2D eigenvalue weighted by molar-refractivity contribution is 6.05. The Morgan fingerprint density at radius 1 is 1.13 bits per heavy atom. The third-order valence-corrected chi connectivity index (χ3v) is 5.10. The lowest BCUT2D eigenvalue weighted by Crippen LogP contribution is -2.27. The zero-order valence-electron chi connectivity index (χ0n) is 18.1. The van der Waals surface area contributed by atoms with Gasteiger partial charge in [0.05, 0.1) is 17.7 Å². The highest BCUT2D eigenvalue weighted by Gasteiger charge is 2.23. The number of imidazole rings is 1. The molecule has 0 unspecified atom stereocenters. The van der Waals surface area contributed by atoms with Gasteiger partial charge in [-0.15, -0.1) is 0 Å². The van der Waals surface area contributed by atoms with Crippen molar-refractivity contribution in [3.63, 3.8) is 0 Å². The van der Waals surface area contributed by atoms with E-state index in [-0.39, 0.29) is 0 Å². The number of nitrogen functional groups attached to an aromatic ring is 1. The van der Waals surface area contributed by atoms with Gasteiger partial charge in [0.1, 0.15) is 29.0 Å². The molecule has 3 aromatic heterocycles. The molecule has 8 nitrogen and oxygen atoms in total. The average Bonchev–Trinajstić information content (AvgIpc) is 3.09.